The molecule has 1 heterocycles. The molecule has 0 spiro atoms. The lowest BCUT2D eigenvalue weighted by atomic mass is 10.1. The summed E-state index contributed by atoms with van der Waals surface area (Å²) < 4.78 is 44.4. The molecule has 0 radical (unpaired) electrons. The summed E-state index contributed by atoms with van der Waals surface area (Å²) in [4.78, 5) is 4.33. The summed E-state index contributed by atoms with van der Waals surface area (Å²) in [6.45, 7) is 5.03. The lowest BCUT2D eigenvalue weighted by Crippen LogP contribution is -2.42. The highest BCUT2D eigenvalue weighted by Crippen LogP contribution is 2.06. The molecule has 0 amide bonds. The standard InChI is InChI=1S/C17H27FN4O3S/c1-2-19-17(20-7-6-15-4-3-5-16(18)14-15)21-8-13-26(23,24)22-9-11-25-12-10-22/h3-5,14H,2,6-13H2,1H3,(H2,19,20,21). The van der Waals surface area contributed by atoms with Gasteiger partial charge in [0, 0.05) is 26.2 Å². The summed E-state index contributed by atoms with van der Waals surface area (Å²) in [6, 6.07) is 6.46. The van der Waals surface area contributed by atoms with Crippen LogP contribution in [0.5, 0.6) is 0 Å². The maximum Gasteiger partial charge on any atom is 0.216 e. The third-order valence-electron chi connectivity index (χ3n) is 3.92. The van der Waals surface area contributed by atoms with Crippen LogP contribution >= 0.6 is 0 Å². The number of hydrogen-bond donors (Lipinski definition) is 2. The molecule has 146 valence electrons. The largest absolute Gasteiger partial charge is 0.379 e. The third kappa shape index (κ3) is 6.89. The van der Waals surface area contributed by atoms with E-state index in [1.165, 1.54) is 16.4 Å². The number of benzene rings is 1. The zero-order valence-corrected chi connectivity index (χ0v) is 15.9. The van der Waals surface area contributed by atoms with Crippen molar-refractivity contribution in [3.05, 3.63) is 35.6 Å². The smallest absolute Gasteiger partial charge is 0.216 e. The lowest BCUT2D eigenvalue weighted by molar-refractivity contribution is 0.0731. The average molecular weight is 386 g/mol. The maximum absolute atomic E-state index is 13.2. The molecule has 0 unspecified atom stereocenters. The molecule has 1 aromatic carbocycles. The topological polar surface area (TPSA) is 83.0 Å². The quantitative estimate of drug-likeness (QED) is 0.505. The Kier molecular flexibility index (Phi) is 8.27. The maximum atomic E-state index is 13.2. The fourth-order valence-corrected chi connectivity index (χ4v) is 3.87. The number of halogens is 1. The number of rotatable bonds is 8. The highest BCUT2D eigenvalue weighted by molar-refractivity contribution is 7.89. The Labute approximate surface area is 154 Å². The Morgan fingerprint density at radius 2 is 2.08 bits per heavy atom. The van der Waals surface area contributed by atoms with Gasteiger partial charge in [-0.2, -0.15) is 4.31 Å². The van der Waals surface area contributed by atoms with E-state index < -0.39 is 10.0 Å². The van der Waals surface area contributed by atoms with E-state index in [-0.39, 0.29) is 18.1 Å². The Balaban J connectivity index is 1.81. The Morgan fingerprint density at radius 1 is 1.31 bits per heavy atom. The van der Waals surface area contributed by atoms with Crippen molar-refractivity contribution in [1.82, 2.24) is 14.9 Å². The van der Waals surface area contributed by atoms with Crippen molar-refractivity contribution >= 4 is 16.0 Å². The second-order valence-electron chi connectivity index (χ2n) is 5.89. The van der Waals surface area contributed by atoms with Crippen LogP contribution in [0.1, 0.15) is 12.5 Å². The van der Waals surface area contributed by atoms with Crippen LogP contribution < -0.4 is 10.6 Å². The molecule has 2 N–H and O–H groups in total. The monoisotopic (exact) mass is 386 g/mol. The SMILES string of the molecule is CCNC(=NCCS(=O)(=O)N1CCOCC1)NCCc1cccc(F)c1. The first-order valence-corrected chi connectivity index (χ1v) is 10.4. The van der Waals surface area contributed by atoms with Gasteiger partial charge in [0.25, 0.3) is 0 Å². The Bertz CT molecular complexity index is 691. The lowest BCUT2D eigenvalue weighted by Gasteiger charge is -2.25. The number of guanidine groups is 1. The van der Waals surface area contributed by atoms with Gasteiger partial charge in [0.1, 0.15) is 5.82 Å². The minimum Gasteiger partial charge on any atom is -0.379 e. The molecule has 9 heteroatoms. The second kappa shape index (κ2) is 10.4. The molecule has 0 aromatic heterocycles. The molecule has 1 aliphatic rings. The number of hydrogen-bond acceptors (Lipinski definition) is 4. The van der Waals surface area contributed by atoms with Gasteiger partial charge in [0.2, 0.25) is 10.0 Å². The van der Waals surface area contributed by atoms with Crippen molar-refractivity contribution in [1.29, 1.82) is 0 Å². The number of sulfonamides is 1. The van der Waals surface area contributed by atoms with E-state index in [9.17, 15) is 12.8 Å². The van der Waals surface area contributed by atoms with Gasteiger partial charge >= 0.3 is 0 Å². The van der Waals surface area contributed by atoms with Gasteiger partial charge in [0.15, 0.2) is 5.96 Å². The van der Waals surface area contributed by atoms with E-state index in [1.54, 1.807) is 6.07 Å². The molecule has 1 aromatic rings. The van der Waals surface area contributed by atoms with Crippen LogP contribution in [0, 0.1) is 5.82 Å². The van der Waals surface area contributed by atoms with E-state index >= 15 is 0 Å². The van der Waals surface area contributed by atoms with Crippen LogP contribution in [0.4, 0.5) is 4.39 Å². The molecule has 1 fully saturated rings. The first-order valence-electron chi connectivity index (χ1n) is 8.83. The van der Waals surface area contributed by atoms with Crippen LogP contribution in [0.15, 0.2) is 29.3 Å². The number of nitrogens with zero attached hydrogens (tertiary/aromatic N) is 2. The van der Waals surface area contributed by atoms with E-state index in [2.05, 4.69) is 15.6 Å². The average Bonchev–Trinajstić information content (AvgIpc) is 2.62. The molecular weight excluding hydrogens is 359 g/mol. The van der Waals surface area contributed by atoms with Gasteiger partial charge in [-0.3, -0.25) is 4.99 Å². The summed E-state index contributed by atoms with van der Waals surface area (Å²) >= 11 is 0. The molecule has 7 nitrogen and oxygen atoms in total. The molecular formula is C17H27FN4O3S. The predicted molar refractivity (Wildman–Crippen MR) is 100 cm³/mol. The molecule has 26 heavy (non-hydrogen) atoms. The number of aliphatic imine (C=N–C) groups is 1. The van der Waals surface area contributed by atoms with Gasteiger partial charge in [0.05, 0.1) is 25.5 Å². The zero-order chi connectivity index (χ0) is 18.8. The molecule has 2 rings (SSSR count). The second-order valence-corrected chi connectivity index (χ2v) is 7.98. The summed E-state index contributed by atoms with van der Waals surface area (Å²) in [5.41, 5.74) is 0.892. The van der Waals surface area contributed by atoms with Crippen LogP contribution in [-0.2, 0) is 21.2 Å². The van der Waals surface area contributed by atoms with E-state index in [1.807, 2.05) is 13.0 Å². The van der Waals surface area contributed by atoms with E-state index in [4.69, 9.17) is 4.74 Å². The summed E-state index contributed by atoms with van der Waals surface area (Å²) in [5, 5.41) is 6.22. The van der Waals surface area contributed by atoms with Crippen molar-refractivity contribution < 1.29 is 17.5 Å². The fourth-order valence-electron chi connectivity index (χ4n) is 2.59. The van der Waals surface area contributed by atoms with Crippen molar-refractivity contribution in [2.75, 3.05) is 51.7 Å². The molecule has 0 atom stereocenters. The highest BCUT2D eigenvalue weighted by Gasteiger charge is 2.23. The number of nitrogens with one attached hydrogen (secondary N) is 2. The van der Waals surface area contributed by atoms with Crippen LogP contribution in [0.25, 0.3) is 0 Å². The normalized spacial score (nSPS) is 16.5. The minimum atomic E-state index is -3.31. The first kappa shape index (κ1) is 20.6. The molecule has 0 saturated carbocycles. The fraction of sp³-hybridized carbons (Fsp3) is 0.588. The van der Waals surface area contributed by atoms with Gasteiger partial charge in [-0.05, 0) is 31.0 Å². The summed E-state index contributed by atoms with van der Waals surface area (Å²) in [6.07, 6.45) is 0.647. The van der Waals surface area contributed by atoms with E-state index in [0.29, 0.717) is 51.8 Å². The summed E-state index contributed by atoms with van der Waals surface area (Å²) in [5.74, 6) is 0.269. The van der Waals surface area contributed by atoms with Crippen LogP contribution in [0.3, 0.4) is 0 Å². The van der Waals surface area contributed by atoms with Crippen molar-refractivity contribution in [3.8, 4) is 0 Å². The molecule has 1 aliphatic heterocycles. The van der Waals surface area contributed by atoms with Crippen LogP contribution in [-0.4, -0.2) is 70.4 Å². The zero-order valence-electron chi connectivity index (χ0n) is 15.1. The summed E-state index contributed by atoms with van der Waals surface area (Å²) in [7, 11) is -3.31. The first-order chi connectivity index (χ1) is 12.5. The molecule has 1 saturated heterocycles. The van der Waals surface area contributed by atoms with Crippen molar-refractivity contribution in [2.24, 2.45) is 4.99 Å². The van der Waals surface area contributed by atoms with Crippen molar-refractivity contribution in [2.45, 2.75) is 13.3 Å². The van der Waals surface area contributed by atoms with Crippen molar-refractivity contribution in [3.63, 3.8) is 0 Å². The Hall–Kier alpha value is -1.71. The third-order valence-corrected chi connectivity index (χ3v) is 5.77. The van der Waals surface area contributed by atoms with Crippen LogP contribution in [0.2, 0.25) is 0 Å². The molecule has 0 bridgehead atoms. The van der Waals surface area contributed by atoms with Gasteiger partial charge in [-0.25, -0.2) is 12.8 Å². The van der Waals surface area contributed by atoms with Gasteiger partial charge in [-0.15, -0.1) is 0 Å². The number of morpholine rings is 1. The predicted octanol–water partition coefficient (Wildman–Crippen LogP) is 0.585. The van der Waals surface area contributed by atoms with Gasteiger partial charge in [-0.1, -0.05) is 12.1 Å². The van der Waals surface area contributed by atoms with Gasteiger partial charge < -0.3 is 15.4 Å². The number of ether oxygens (including phenoxy) is 1. The Morgan fingerprint density at radius 3 is 2.77 bits per heavy atom. The highest BCUT2D eigenvalue weighted by atomic mass is 32.2. The minimum absolute atomic E-state index is 0.0343. The molecule has 0 aliphatic carbocycles. The van der Waals surface area contributed by atoms with E-state index in [0.717, 1.165) is 5.56 Å².